The Hall–Kier alpha value is -1.63. The molecule has 7 heteroatoms. The molecule has 2 rings (SSSR count). The fourth-order valence-corrected chi connectivity index (χ4v) is 1.86. The lowest BCUT2D eigenvalue weighted by molar-refractivity contribution is -0.137. The Labute approximate surface area is 92.8 Å². The minimum atomic E-state index is -4.41. The lowest BCUT2D eigenvalue weighted by atomic mass is 10.3. The first-order valence-corrected chi connectivity index (χ1v) is 5.03. The van der Waals surface area contributed by atoms with Crippen LogP contribution in [-0.4, -0.2) is 9.97 Å². The predicted octanol–water partition coefficient (Wildman–Crippen LogP) is 2.81. The molecule has 0 saturated heterocycles. The van der Waals surface area contributed by atoms with Gasteiger partial charge in [-0.25, -0.2) is 4.98 Å². The van der Waals surface area contributed by atoms with E-state index in [0.717, 1.165) is 6.20 Å². The molecule has 0 bridgehead atoms. The number of anilines is 1. The van der Waals surface area contributed by atoms with Crippen molar-refractivity contribution in [2.45, 2.75) is 6.18 Å². The number of thiazole rings is 1. The minimum absolute atomic E-state index is 0.347. The van der Waals surface area contributed by atoms with Crippen molar-refractivity contribution < 1.29 is 13.2 Å². The lowest BCUT2D eigenvalue weighted by Gasteiger charge is -1.99. The van der Waals surface area contributed by atoms with Crippen LogP contribution in [0.3, 0.4) is 0 Å². The molecule has 0 amide bonds. The second-order valence-electron chi connectivity index (χ2n) is 3.00. The highest BCUT2D eigenvalue weighted by molar-refractivity contribution is 7.15. The number of aromatic nitrogens is 2. The van der Waals surface area contributed by atoms with Crippen molar-refractivity contribution in [3.05, 3.63) is 29.5 Å². The molecule has 0 aliphatic heterocycles. The Bertz CT molecular complexity index is 507. The number of hydrogen-bond acceptors (Lipinski definition) is 4. The van der Waals surface area contributed by atoms with Gasteiger partial charge in [0.15, 0.2) is 5.01 Å². The Morgan fingerprint density at radius 2 is 2.00 bits per heavy atom. The molecule has 2 aromatic rings. The molecular formula is C9H6F3N3S. The number of nitrogens with two attached hydrogens (primary N) is 1. The van der Waals surface area contributed by atoms with E-state index in [1.165, 1.54) is 12.3 Å². The SMILES string of the molecule is Nc1ccnc(-c2cnc(C(F)(F)F)s2)c1. The summed E-state index contributed by atoms with van der Waals surface area (Å²) in [5.74, 6) is 0. The largest absolute Gasteiger partial charge is 0.443 e. The van der Waals surface area contributed by atoms with Crippen LogP contribution in [0.1, 0.15) is 5.01 Å². The van der Waals surface area contributed by atoms with Crippen molar-refractivity contribution in [2.24, 2.45) is 0 Å². The van der Waals surface area contributed by atoms with Crippen molar-refractivity contribution in [2.75, 3.05) is 5.73 Å². The smallest absolute Gasteiger partial charge is 0.399 e. The number of nitrogen functional groups attached to an aromatic ring is 1. The summed E-state index contributed by atoms with van der Waals surface area (Å²) >= 11 is 0.547. The summed E-state index contributed by atoms with van der Waals surface area (Å²) in [7, 11) is 0. The van der Waals surface area contributed by atoms with E-state index < -0.39 is 11.2 Å². The fraction of sp³-hybridized carbons (Fsp3) is 0.111. The van der Waals surface area contributed by atoms with Crippen LogP contribution in [0, 0.1) is 0 Å². The van der Waals surface area contributed by atoms with Crippen LogP contribution in [-0.2, 0) is 6.18 Å². The van der Waals surface area contributed by atoms with E-state index in [2.05, 4.69) is 9.97 Å². The van der Waals surface area contributed by atoms with Gasteiger partial charge in [-0.2, -0.15) is 13.2 Å². The van der Waals surface area contributed by atoms with Crippen molar-refractivity contribution in [3.63, 3.8) is 0 Å². The Morgan fingerprint density at radius 1 is 1.25 bits per heavy atom. The highest BCUT2D eigenvalue weighted by Crippen LogP contribution is 2.35. The second kappa shape index (κ2) is 3.75. The molecule has 16 heavy (non-hydrogen) atoms. The highest BCUT2D eigenvalue weighted by atomic mass is 32.1. The molecule has 2 aromatic heterocycles. The van der Waals surface area contributed by atoms with Crippen molar-refractivity contribution in [3.8, 4) is 10.6 Å². The predicted molar refractivity (Wildman–Crippen MR) is 54.8 cm³/mol. The summed E-state index contributed by atoms with van der Waals surface area (Å²) in [5.41, 5.74) is 6.36. The van der Waals surface area contributed by atoms with Crippen molar-refractivity contribution >= 4 is 17.0 Å². The molecule has 0 aromatic carbocycles. The van der Waals surface area contributed by atoms with Gasteiger partial charge in [0, 0.05) is 18.1 Å². The molecule has 0 spiro atoms. The molecular weight excluding hydrogens is 239 g/mol. The van der Waals surface area contributed by atoms with Crippen LogP contribution in [0.25, 0.3) is 10.6 Å². The third kappa shape index (κ3) is 2.13. The van der Waals surface area contributed by atoms with Gasteiger partial charge in [0.2, 0.25) is 0 Å². The fourth-order valence-electron chi connectivity index (χ4n) is 1.11. The molecule has 0 aliphatic rings. The van der Waals surface area contributed by atoms with Crippen LogP contribution in [0.5, 0.6) is 0 Å². The molecule has 84 valence electrons. The van der Waals surface area contributed by atoms with E-state index in [4.69, 9.17) is 5.73 Å². The maximum atomic E-state index is 12.3. The first-order valence-electron chi connectivity index (χ1n) is 4.22. The number of pyridine rings is 1. The topological polar surface area (TPSA) is 51.8 Å². The number of alkyl halides is 3. The molecule has 0 fully saturated rings. The summed E-state index contributed by atoms with van der Waals surface area (Å²) in [5, 5.41) is -0.883. The van der Waals surface area contributed by atoms with Crippen LogP contribution in [0.4, 0.5) is 18.9 Å². The molecule has 3 nitrogen and oxygen atoms in total. The van der Waals surface area contributed by atoms with E-state index in [9.17, 15) is 13.2 Å². The van der Waals surface area contributed by atoms with Crippen molar-refractivity contribution in [1.29, 1.82) is 0 Å². The van der Waals surface area contributed by atoms with Gasteiger partial charge in [0.05, 0.1) is 10.6 Å². The van der Waals surface area contributed by atoms with Gasteiger partial charge < -0.3 is 5.73 Å². The summed E-state index contributed by atoms with van der Waals surface area (Å²) in [6.07, 6.45) is -1.82. The third-order valence-electron chi connectivity index (χ3n) is 1.78. The second-order valence-corrected chi connectivity index (χ2v) is 4.03. The standard InChI is InChI=1S/C9H6F3N3S/c10-9(11,12)8-15-4-7(16-8)6-3-5(13)1-2-14-6/h1-4H,(H2,13,14). The number of hydrogen-bond donors (Lipinski definition) is 1. The van der Waals surface area contributed by atoms with Gasteiger partial charge in [-0.15, -0.1) is 11.3 Å². The summed E-state index contributed by atoms with van der Waals surface area (Å²) in [6, 6.07) is 3.07. The highest BCUT2D eigenvalue weighted by Gasteiger charge is 2.34. The summed E-state index contributed by atoms with van der Waals surface area (Å²) in [6.45, 7) is 0. The molecule has 0 saturated carbocycles. The van der Waals surface area contributed by atoms with Gasteiger partial charge in [0.25, 0.3) is 0 Å². The van der Waals surface area contributed by atoms with Crippen LogP contribution in [0.2, 0.25) is 0 Å². The monoisotopic (exact) mass is 245 g/mol. The van der Waals surface area contributed by atoms with Gasteiger partial charge in [0.1, 0.15) is 0 Å². The van der Waals surface area contributed by atoms with Crippen LogP contribution in [0.15, 0.2) is 24.5 Å². The third-order valence-corrected chi connectivity index (χ3v) is 2.85. The van der Waals surface area contributed by atoms with Crippen LogP contribution < -0.4 is 5.73 Å². The average molecular weight is 245 g/mol. The zero-order valence-corrected chi connectivity index (χ0v) is 8.64. The van der Waals surface area contributed by atoms with E-state index in [1.54, 1.807) is 6.07 Å². The number of nitrogens with zero attached hydrogens (tertiary/aromatic N) is 2. The molecule has 0 aliphatic carbocycles. The van der Waals surface area contributed by atoms with E-state index in [1.807, 2.05) is 0 Å². The zero-order chi connectivity index (χ0) is 11.8. The first-order chi connectivity index (χ1) is 7.47. The van der Waals surface area contributed by atoms with Gasteiger partial charge in [-0.05, 0) is 12.1 Å². The molecule has 0 atom stereocenters. The molecule has 0 unspecified atom stereocenters. The normalized spacial score (nSPS) is 11.7. The molecule has 2 heterocycles. The maximum Gasteiger partial charge on any atom is 0.443 e. The molecule has 0 radical (unpaired) electrons. The summed E-state index contributed by atoms with van der Waals surface area (Å²) < 4.78 is 36.9. The lowest BCUT2D eigenvalue weighted by Crippen LogP contribution is -2.02. The van der Waals surface area contributed by atoms with E-state index >= 15 is 0 Å². The Kier molecular flexibility index (Phi) is 2.55. The van der Waals surface area contributed by atoms with Crippen LogP contribution >= 0.6 is 11.3 Å². The zero-order valence-electron chi connectivity index (χ0n) is 7.82. The quantitative estimate of drug-likeness (QED) is 0.840. The maximum absolute atomic E-state index is 12.3. The van der Waals surface area contributed by atoms with E-state index in [0.29, 0.717) is 27.6 Å². The minimum Gasteiger partial charge on any atom is -0.399 e. The number of rotatable bonds is 1. The van der Waals surface area contributed by atoms with Gasteiger partial charge >= 0.3 is 6.18 Å². The number of halogens is 3. The van der Waals surface area contributed by atoms with Crippen molar-refractivity contribution in [1.82, 2.24) is 9.97 Å². The molecule has 2 N–H and O–H groups in total. The Morgan fingerprint density at radius 3 is 2.56 bits per heavy atom. The van der Waals surface area contributed by atoms with Gasteiger partial charge in [-0.1, -0.05) is 0 Å². The first kappa shape index (κ1) is 10.9. The Balaban J connectivity index is 2.39. The average Bonchev–Trinajstić information content (AvgIpc) is 2.65. The summed E-state index contributed by atoms with van der Waals surface area (Å²) in [4.78, 5) is 7.58. The van der Waals surface area contributed by atoms with Gasteiger partial charge in [-0.3, -0.25) is 4.98 Å². The van der Waals surface area contributed by atoms with E-state index in [-0.39, 0.29) is 0 Å².